The summed E-state index contributed by atoms with van der Waals surface area (Å²) in [6.07, 6.45) is 0. The van der Waals surface area contributed by atoms with Crippen LogP contribution < -0.4 is 5.32 Å². The van der Waals surface area contributed by atoms with Crippen LogP contribution in [0.3, 0.4) is 0 Å². The first-order valence-electron chi connectivity index (χ1n) is 4.46. The van der Waals surface area contributed by atoms with E-state index < -0.39 is 0 Å². The predicted molar refractivity (Wildman–Crippen MR) is 55.8 cm³/mol. The van der Waals surface area contributed by atoms with Gasteiger partial charge < -0.3 is 9.73 Å². The largest absolute Gasteiger partial charge is 0.453 e. The number of furan rings is 1. The maximum absolute atomic E-state index is 5.41. The van der Waals surface area contributed by atoms with Gasteiger partial charge in [-0.25, -0.2) is 0 Å². The summed E-state index contributed by atoms with van der Waals surface area (Å²) in [5.74, 6) is 1.50. The lowest BCUT2D eigenvalue weighted by Crippen LogP contribution is -2.18. The van der Waals surface area contributed by atoms with Crippen LogP contribution in [-0.4, -0.2) is 20.6 Å². The van der Waals surface area contributed by atoms with E-state index in [4.69, 9.17) is 4.42 Å². The number of aromatic amines is 1. The van der Waals surface area contributed by atoms with Crippen LogP contribution in [0.15, 0.2) is 21.2 Å². The van der Waals surface area contributed by atoms with E-state index in [1.54, 1.807) is 0 Å². The SMILES string of the molecule is CC(NCc1nn[nH]n1)c1ccc(Br)o1. The fourth-order valence-corrected chi connectivity index (χ4v) is 1.48. The minimum atomic E-state index is 0.106. The molecule has 2 rings (SSSR count). The third-order valence-electron chi connectivity index (χ3n) is 1.98. The lowest BCUT2D eigenvalue weighted by atomic mass is 10.2. The molecule has 0 saturated carbocycles. The molecule has 2 N–H and O–H groups in total. The van der Waals surface area contributed by atoms with Gasteiger partial charge in [0.2, 0.25) is 0 Å². The van der Waals surface area contributed by atoms with Gasteiger partial charge in [0.25, 0.3) is 0 Å². The first-order chi connectivity index (χ1) is 7.25. The van der Waals surface area contributed by atoms with E-state index in [0.29, 0.717) is 12.4 Å². The quantitative estimate of drug-likeness (QED) is 0.879. The Kier molecular flexibility index (Phi) is 3.12. The van der Waals surface area contributed by atoms with Crippen molar-refractivity contribution in [1.29, 1.82) is 0 Å². The van der Waals surface area contributed by atoms with Crippen LogP contribution in [0.1, 0.15) is 24.6 Å². The van der Waals surface area contributed by atoms with E-state index in [0.717, 1.165) is 10.4 Å². The van der Waals surface area contributed by atoms with Crippen molar-refractivity contribution in [2.24, 2.45) is 0 Å². The number of hydrogen-bond acceptors (Lipinski definition) is 5. The Hall–Kier alpha value is -1.21. The van der Waals surface area contributed by atoms with Crippen molar-refractivity contribution in [3.63, 3.8) is 0 Å². The Labute approximate surface area is 94.6 Å². The van der Waals surface area contributed by atoms with Crippen molar-refractivity contribution < 1.29 is 4.42 Å². The molecule has 80 valence electrons. The molecule has 0 amide bonds. The smallest absolute Gasteiger partial charge is 0.188 e. The van der Waals surface area contributed by atoms with Gasteiger partial charge in [-0.1, -0.05) is 5.21 Å². The fraction of sp³-hybridized carbons (Fsp3) is 0.375. The molecule has 6 nitrogen and oxygen atoms in total. The highest BCUT2D eigenvalue weighted by atomic mass is 79.9. The molecule has 2 aromatic heterocycles. The van der Waals surface area contributed by atoms with Crippen LogP contribution in [-0.2, 0) is 6.54 Å². The van der Waals surface area contributed by atoms with Gasteiger partial charge in [-0.15, -0.1) is 10.2 Å². The number of nitrogens with one attached hydrogen (secondary N) is 2. The first-order valence-corrected chi connectivity index (χ1v) is 5.26. The Morgan fingerprint density at radius 1 is 1.60 bits per heavy atom. The molecule has 7 heteroatoms. The Bertz CT molecular complexity index is 412. The van der Waals surface area contributed by atoms with Crippen LogP contribution in [0, 0.1) is 0 Å². The van der Waals surface area contributed by atoms with Crippen LogP contribution in [0.2, 0.25) is 0 Å². The zero-order valence-electron chi connectivity index (χ0n) is 8.07. The summed E-state index contributed by atoms with van der Waals surface area (Å²) in [5, 5.41) is 16.8. The molecule has 0 radical (unpaired) electrons. The molecule has 0 aromatic carbocycles. The monoisotopic (exact) mass is 271 g/mol. The number of tetrazole rings is 1. The topological polar surface area (TPSA) is 79.6 Å². The van der Waals surface area contributed by atoms with Crippen molar-refractivity contribution in [2.45, 2.75) is 19.5 Å². The van der Waals surface area contributed by atoms with Gasteiger partial charge in [-0.05, 0) is 35.0 Å². The maximum Gasteiger partial charge on any atom is 0.188 e. The molecule has 0 fully saturated rings. The standard InChI is InChI=1S/C8H10BrN5O/c1-5(6-2-3-7(9)15-6)10-4-8-11-13-14-12-8/h2-3,5,10H,4H2,1H3,(H,11,12,13,14). The summed E-state index contributed by atoms with van der Waals surface area (Å²) in [5.41, 5.74) is 0. The molecule has 1 unspecified atom stereocenters. The van der Waals surface area contributed by atoms with E-state index in [-0.39, 0.29) is 6.04 Å². The van der Waals surface area contributed by atoms with Gasteiger partial charge in [0.1, 0.15) is 5.76 Å². The van der Waals surface area contributed by atoms with Crippen molar-refractivity contribution in [3.8, 4) is 0 Å². The molecule has 0 aliphatic carbocycles. The van der Waals surface area contributed by atoms with E-state index in [2.05, 4.69) is 41.9 Å². The Balaban J connectivity index is 1.90. The highest BCUT2D eigenvalue weighted by molar-refractivity contribution is 9.10. The van der Waals surface area contributed by atoms with Crippen molar-refractivity contribution in [1.82, 2.24) is 25.9 Å². The summed E-state index contributed by atoms with van der Waals surface area (Å²) in [4.78, 5) is 0. The van der Waals surface area contributed by atoms with Gasteiger partial charge in [0.05, 0.1) is 12.6 Å². The van der Waals surface area contributed by atoms with Gasteiger partial charge in [0, 0.05) is 0 Å². The molecule has 0 aliphatic heterocycles. The first kappa shape index (κ1) is 10.3. The predicted octanol–water partition coefficient (Wildman–Crippen LogP) is 1.41. The van der Waals surface area contributed by atoms with Gasteiger partial charge in [-0.2, -0.15) is 5.21 Å². The van der Waals surface area contributed by atoms with Crippen molar-refractivity contribution in [3.05, 3.63) is 28.4 Å². The molecule has 0 saturated heterocycles. The number of aromatic nitrogens is 4. The lowest BCUT2D eigenvalue weighted by molar-refractivity contribution is 0.415. The molecule has 1 atom stereocenters. The van der Waals surface area contributed by atoms with Crippen LogP contribution >= 0.6 is 15.9 Å². The fourth-order valence-electron chi connectivity index (χ4n) is 1.16. The zero-order chi connectivity index (χ0) is 10.7. The minimum absolute atomic E-state index is 0.106. The van der Waals surface area contributed by atoms with Crippen LogP contribution in [0.5, 0.6) is 0 Å². The lowest BCUT2D eigenvalue weighted by Gasteiger charge is -2.08. The van der Waals surface area contributed by atoms with E-state index in [1.165, 1.54) is 0 Å². The molecular weight excluding hydrogens is 262 g/mol. The van der Waals surface area contributed by atoms with E-state index in [1.807, 2.05) is 19.1 Å². The second-order valence-corrected chi connectivity index (χ2v) is 3.85. The van der Waals surface area contributed by atoms with Crippen LogP contribution in [0.4, 0.5) is 0 Å². The molecule has 0 bridgehead atoms. The molecular formula is C8H10BrN5O. The number of nitrogens with zero attached hydrogens (tertiary/aromatic N) is 3. The third kappa shape index (κ3) is 2.63. The van der Waals surface area contributed by atoms with E-state index >= 15 is 0 Å². The average Bonchev–Trinajstić information content (AvgIpc) is 2.84. The summed E-state index contributed by atoms with van der Waals surface area (Å²) < 4.78 is 6.13. The van der Waals surface area contributed by atoms with Gasteiger partial charge in [0.15, 0.2) is 10.5 Å². The molecule has 2 aromatic rings. The van der Waals surface area contributed by atoms with E-state index in [9.17, 15) is 0 Å². The summed E-state index contributed by atoms with van der Waals surface area (Å²) in [7, 11) is 0. The minimum Gasteiger partial charge on any atom is -0.453 e. The maximum atomic E-state index is 5.41. The number of rotatable bonds is 4. The summed E-state index contributed by atoms with van der Waals surface area (Å²) in [6.45, 7) is 2.56. The normalized spacial score (nSPS) is 12.9. The summed E-state index contributed by atoms with van der Waals surface area (Å²) in [6, 6.07) is 3.88. The molecule has 2 heterocycles. The summed E-state index contributed by atoms with van der Waals surface area (Å²) >= 11 is 3.26. The molecule has 0 aliphatic rings. The zero-order valence-corrected chi connectivity index (χ0v) is 9.65. The second-order valence-electron chi connectivity index (χ2n) is 3.07. The molecule has 0 spiro atoms. The number of hydrogen-bond donors (Lipinski definition) is 2. The van der Waals surface area contributed by atoms with Crippen molar-refractivity contribution in [2.75, 3.05) is 0 Å². The number of halogens is 1. The molecule has 15 heavy (non-hydrogen) atoms. The Morgan fingerprint density at radius 2 is 2.47 bits per heavy atom. The number of H-pyrrole nitrogens is 1. The van der Waals surface area contributed by atoms with Gasteiger partial charge in [-0.3, -0.25) is 0 Å². The highest BCUT2D eigenvalue weighted by Gasteiger charge is 2.10. The average molecular weight is 272 g/mol. The van der Waals surface area contributed by atoms with Crippen LogP contribution in [0.25, 0.3) is 0 Å². The highest BCUT2D eigenvalue weighted by Crippen LogP contribution is 2.19. The third-order valence-corrected chi connectivity index (χ3v) is 2.40. The Morgan fingerprint density at radius 3 is 3.07 bits per heavy atom. The van der Waals surface area contributed by atoms with Crippen molar-refractivity contribution >= 4 is 15.9 Å². The second kappa shape index (κ2) is 4.54. The van der Waals surface area contributed by atoms with Gasteiger partial charge >= 0.3 is 0 Å².